The van der Waals surface area contributed by atoms with Crippen LogP contribution in [0.25, 0.3) is 10.8 Å². The van der Waals surface area contributed by atoms with Crippen LogP contribution in [-0.4, -0.2) is 37.0 Å². The number of ether oxygens (including phenoxy) is 1. The smallest absolute Gasteiger partial charge is 0.254 e. The zero-order valence-electron chi connectivity index (χ0n) is 14.2. The molecule has 2 aromatic carbocycles. The summed E-state index contributed by atoms with van der Waals surface area (Å²) in [6.45, 7) is 3.62. The number of benzene rings is 2. The first kappa shape index (κ1) is 18.6. The van der Waals surface area contributed by atoms with Crippen molar-refractivity contribution >= 4 is 29.1 Å². The quantitative estimate of drug-likeness (QED) is 0.924. The zero-order valence-corrected chi connectivity index (χ0v) is 15.0. The Balaban J connectivity index is 0.00000208. The van der Waals surface area contributed by atoms with Crippen LogP contribution in [0, 0.1) is 5.92 Å². The molecule has 3 rings (SSSR count). The molecule has 1 atom stereocenters. The van der Waals surface area contributed by atoms with Gasteiger partial charge in [-0.15, -0.1) is 12.4 Å². The summed E-state index contributed by atoms with van der Waals surface area (Å²) in [6.07, 6.45) is 1.97. The number of rotatable bonds is 3. The second kappa shape index (κ2) is 7.86. The Labute approximate surface area is 149 Å². The number of hydrogen-bond acceptors (Lipinski definition) is 3. The highest BCUT2D eigenvalue weighted by Gasteiger charge is 2.26. The van der Waals surface area contributed by atoms with Gasteiger partial charge in [-0.05, 0) is 43.2 Å². The van der Waals surface area contributed by atoms with Gasteiger partial charge in [0.15, 0.2) is 0 Å². The second-order valence-electron chi connectivity index (χ2n) is 6.35. The fourth-order valence-electron chi connectivity index (χ4n) is 3.43. The number of nitrogens with zero attached hydrogens (tertiary/aromatic N) is 1. The van der Waals surface area contributed by atoms with Crippen molar-refractivity contribution in [3.8, 4) is 5.75 Å². The molecule has 1 heterocycles. The van der Waals surface area contributed by atoms with Crippen molar-refractivity contribution in [2.24, 2.45) is 11.7 Å². The average molecular weight is 349 g/mol. The van der Waals surface area contributed by atoms with E-state index in [1.165, 1.54) is 0 Å². The molecule has 0 bridgehead atoms. The molecule has 2 aromatic rings. The minimum absolute atomic E-state index is 0. The molecule has 0 aliphatic carbocycles. The molecule has 1 unspecified atom stereocenters. The molecule has 1 fully saturated rings. The van der Waals surface area contributed by atoms with Gasteiger partial charge in [0.1, 0.15) is 5.75 Å². The van der Waals surface area contributed by atoms with Gasteiger partial charge in [-0.25, -0.2) is 0 Å². The van der Waals surface area contributed by atoms with Gasteiger partial charge in [-0.3, -0.25) is 4.79 Å². The lowest BCUT2D eigenvalue weighted by atomic mass is 9.90. The maximum Gasteiger partial charge on any atom is 0.254 e. The van der Waals surface area contributed by atoms with Crippen molar-refractivity contribution in [1.29, 1.82) is 0 Å². The zero-order chi connectivity index (χ0) is 16.4. The number of halogens is 1. The molecule has 0 radical (unpaired) electrons. The van der Waals surface area contributed by atoms with Crippen LogP contribution < -0.4 is 10.5 Å². The molecular formula is C19H25ClN2O2. The van der Waals surface area contributed by atoms with E-state index in [1.54, 1.807) is 7.11 Å². The standard InChI is InChI=1S/C19H24N2O2.ClH/c1-13(20)14-9-11-21(12-10-14)19(22)17-7-8-18(23-2)16-6-4-3-5-15(16)17;/h3-8,13-14H,9-12,20H2,1-2H3;1H. The van der Waals surface area contributed by atoms with Crippen LogP contribution in [0.1, 0.15) is 30.1 Å². The average Bonchev–Trinajstić information content (AvgIpc) is 2.60. The Morgan fingerprint density at radius 3 is 2.38 bits per heavy atom. The van der Waals surface area contributed by atoms with Gasteiger partial charge < -0.3 is 15.4 Å². The maximum atomic E-state index is 12.9. The van der Waals surface area contributed by atoms with E-state index in [9.17, 15) is 4.79 Å². The van der Waals surface area contributed by atoms with Crippen molar-refractivity contribution in [1.82, 2.24) is 4.90 Å². The highest BCUT2D eigenvalue weighted by Crippen LogP contribution is 2.30. The van der Waals surface area contributed by atoms with Gasteiger partial charge in [-0.1, -0.05) is 24.3 Å². The van der Waals surface area contributed by atoms with E-state index in [2.05, 4.69) is 6.92 Å². The Bertz CT molecular complexity index is 710. The molecular weight excluding hydrogens is 324 g/mol. The van der Waals surface area contributed by atoms with Crippen LogP contribution >= 0.6 is 12.4 Å². The summed E-state index contributed by atoms with van der Waals surface area (Å²) in [5.74, 6) is 1.42. The van der Waals surface area contributed by atoms with Gasteiger partial charge in [0.2, 0.25) is 0 Å². The fraction of sp³-hybridized carbons (Fsp3) is 0.421. The lowest BCUT2D eigenvalue weighted by molar-refractivity contribution is 0.0683. The van der Waals surface area contributed by atoms with Crippen LogP contribution in [-0.2, 0) is 0 Å². The first-order valence-electron chi connectivity index (χ1n) is 8.22. The lowest BCUT2D eigenvalue weighted by Gasteiger charge is -2.34. The molecule has 1 aliphatic heterocycles. The highest BCUT2D eigenvalue weighted by molar-refractivity contribution is 6.08. The van der Waals surface area contributed by atoms with Gasteiger partial charge in [0, 0.05) is 30.1 Å². The van der Waals surface area contributed by atoms with Crippen LogP contribution in [0.4, 0.5) is 0 Å². The Morgan fingerprint density at radius 2 is 1.79 bits per heavy atom. The first-order chi connectivity index (χ1) is 11.1. The van der Waals surface area contributed by atoms with Crippen LogP contribution in [0.3, 0.4) is 0 Å². The number of methoxy groups -OCH3 is 1. The summed E-state index contributed by atoms with van der Waals surface area (Å²) in [7, 11) is 1.65. The van der Waals surface area contributed by atoms with Crippen molar-refractivity contribution in [2.45, 2.75) is 25.8 Å². The number of nitrogens with two attached hydrogens (primary N) is 1. The molecule has 1 aliphatic rings. The van der Waals surface area contributed by atoms with Crippen molar-refractivity contribution in [3.05, 3.63) is 42.0 Å². The minimum Gasteiger partial charge on any atom is -0.496 e. The molecule has 24 heavy (non-hydrogen) atoms. The first-order valence-corrected chi connectivity index (χ1v) is 8.22. The molecule has 5 heteroatoms. The Kier molecular flexibility index (Phi) is 6.08. The molecule has 130 valence electrons. The number of likely N-dealkylation sites (tertiary alicyclic amines) is 1. The summed E-state index contributed by atoms with van der Waals surface area (Å²) < 4.78 is 5.41. The van der Waals surface area contributed by atoms with Crippen LogP contribution in [0.2, 0.25) is 0 Å². The van der Waals surface area contributed by atoms with Gasteiger partial charge in [-0.2, -0.15) is 0 Å². The molecule has 0 spiro atoms. The predicted octanol–water partition coefficient (Wildman–Crippen LogP) is 3.47. The second-order valence-corrected chi connectivity index (χ2v) is 6.35. The number of piperidine rings is 1. The monoisotopic (exact) mass is 348 g/mol. The SMILES string of the molecule is COc1ccc(C(=O)N2CCC(C(C)N)CC2)c2ccccc12.Cl. The molecule has 0 aromatic heterocycles. The number of hydrogen-bond donors (Lipinski definition) is 1. The van der Waals surface area contributed by atoms with E-state index in [0.29, 0.717) is 5.92 Å². The molecule has 2 N–H and O–H groups in total. The summed E-state index contributed by atoms with van der Waals surface area (Å²) in [6, 6.07) is 11.9. The number of fused-ring (bicyclic) bond motifs is 1. The third-order valence-corrected chi connectivity index (χ3v) is 4.90. The fourth-order valence-corrected chi connectivity index (χ4v) is 3.43. The van der Waals surface area contributed by atoms with E-state index >= 15 is 0 Å². The summed E-state index contributed by atoms with van der Waals surface area (Å²) in [5, 5.41) is 1.93. The summed E-state index contributed by atoms with van der Waals surface area (Å²) in [4.78, 5) is 14.9. The number of carbonyl (C=O) groups excluding carboxylic acids is 1. The maximum absolute atomic E-state index is 12.9. The van der Waals surface area contributed by atoms with Crippen molar-refractivity contribution < 1.29 is 9.53 Å². The van der Waals surface area contributed by atoms with Crippen molar-refractivity contribution in [2.75, 3.05) is 20.2 Å². The van der Waals surface area contributed by atoms with Gasteiger partial charge in [0.05, 0.1) is 7.11 Å². The summed E-state index contributed by atoms with van der Waals surface area (Å²) >= 11 is 0. The highest BCUT2D eigenvalue weighted by atomic mass is 35.5. The summed E-state index contributed by atoms with van der Waals surface area (Å²) in [5.41, 5.74) is 6.74. The third-order valence-electron chi connectivity index (χ3n) is 4.90. The topological polar surface area (TPSA) is 55.6 Å². The van der Waals surface area contributed by atoms with E-state index in [-0.39, 0.29) is 24.4 Å². The Morgan fingerprint density at radius 1 is 1.17 bits per heavy atom. The minimum atomic E-state index is 0. The van der Waals surface area contributed by atoms with Crippen molar-refractivity contribution in [3.63, 3.8) is 0 Å². The van der Waals surface area contributed by atoms with Crippen LogP contribution in [0.5, 0.6) is 5.75 Å². The van der Waals surface area contributed by atoms with Crippen LogP contribution in [0.15, 0.2) is 36.4 Å². The molecule has 0 saturated carbocycles. The molecule has 1 amide bonds. The van der Waals surface area contributed by atoms with Gasteiger partial charge >= 0.3 is 0 Å². The van der Waals surface area contributed by atoms with E-state index in [4.69, 9.17) is 10.5 Å². The van der Waals surface area contributed by atoms with E-state index in [0.717, 1.165) is 48.0 Å². The number of amides is 1. The predicted molar refractivity (Wildman–Crippen MR) is 100 cm³/mol. The molecule has 1 saturated heterocycles. The number of carbonyl (C=O) groups is 1. The normalized spacial score (nSPS) is 16.5. The van der Waals surface area contributed by atoms with Gasteiger partial charge in [0.25, 0.3) is 5.91 Å². The third kappa shape index (κ3) is 3.50. The lowest BCUT2D eigenvalue weighted by Crippen LogP contribution is -2.42. The van der Waals surface area contributed by atoms with E-state index in [1.807, 2.05) is 41.3 Å². The van der Waals surface area contributed by atoms with E-state index < -0.39 is 0 Å². The molecule has 4 nitrogen and oxygen atoms in total. The Hall–Kier alpha value is -1.78. The largest absolute Gasteiger partial charge is 0.496 e.